The fraction of sp³-hybridized carbons (Fsp3) is 0.0357. The Bertz CT molecular complexity index is 1540. The molecule has 3 N–H and O–H groups in total. The topological polar surface area (TPSA) is 63.4 Å². The van der Waals surface area contributed by atoms with E-state index in [1.807, 2.05) is 42.5 Å². The van der Waals surface area contributed by atoms with Crippen LogP contribution in [0, 0.1) is 0 Å². The molecule has 1 aliphatic heterocycles. The fourth-order valence-electron chi connectivity index (χ4n) is 4.41. The van der Waals surface area contributed by atoms with Gasteiger partial charge in [0.1, 0.15) is 23.4 Å². The number of aromatic amines is 1. The number of H-pyrrole nitrogens is 1. The van der Waals surface area contributed by atoms with Crippen LogP contribution in [0.4, 0.5) is 0 Å². The van der Waals surface area contributed by atoms with Gasteiger partial charge in [-0.2, -0.15) is 0 Å². The Morgan fingerprint density at radius 3 is 2.53 bits per heavy atom. The molecule has 0 saturated carbocycles. The third-order valence-electron chi connectivity index (χ3n) is 6.03. The average Bonchev–Trinajstić information content (AvgIpc) is 3.36. The maximum atomic E-state index is 6.44. The van der Waals surface area contributed by atoms with E-state index in [1.165, 1.54) is 10.8 Å². The highest BCUT2D eigenvalue weighted by atomic mass is 16.5. The standard InChI is InChI=1S/C28H21N3O/c1-17-27(22-10-3-5-12-26(22)32-17)31-28(29)20-8-6-7-18(15-20)19-13-14-25-23(16-19)21-9-2-4-11-24(21)30-25/h2-16,27,30H,1H2,(H2,29,31). The van der Waals surface area contributed by atoms with E-state index in [4.69, 9.17) is 15.5 Å². The fourth-order valence-corrected chi connectivity index (χ4v) is 4.41. The average molecular weight is 415 g/mol. The molecule has 5 aromatic rings. The van der Waals surface area contributed by atoms with Gasteiger partial charge in [-0.25, -0.2) is 0 Å². The van der Waals surface area contributed by atoms with Gasteiger partial charge in [-0.1, -0.05) is 67.2 Å². The molecule has 0 amide bonds. The van der Waals surface area contributed by atoms with Crippen LogP contribution < -0.4 is 10.5 Å². The number of para-hydroxylation sites is 2. The number of ether oxygens (including phenoxy) is 1. The van der Waals surface area contributed by atoms with Gasteiger partial charge in [-0.3, -0.25) is 4.99 Å². The van der Waals surface area contributed by atoms with E-state index in [1.54, 1.807) is 0 Å². The van der Waals surface area contributed by atoms with Crippen molar-refractivity contribution < 1.29 is 4.74 Å². The van der Waals surface area contributed by atoms with Crippen molar-refractivity contribution in [2.75, 3.05) is 0 Å². The number of aliphatic imine (C=N–C) groups is 1. The van der Waals surface area contributed by atoms with Crippen molar-refractivity contribution in [1.29, 1.82) is 0 Å². The summed E-state index contributed by atoms with van der Waals surface area (Å²) in [6.45, 7) is 4.02. The quantitative estimate of drug-likeness (QED) is 0.267. The van der Waals surface area contributed by atoms with Crippen LogP contribution in [-0.4, -0.2) is 10.8 Å². The van der Waals surface area contributed by atoms with E-state index >= 15 is 0 Å². The van der Waals surface area contributed by atoms with Gasteiger partial charge in [0.25, 0.3) is 0 Å². The summed E-state index contributed by atoms with van der Waals surface area (Å²) in [4.78, 5) is 8.23. The zero-order valence-corrected chi connectivity index (χ0v) is 17.4. The van der Waals surface area contributed by atoms with Crippen LogP contribution in [-0.2, 0) is 0 Å². The molecule has 1 aromatic heterocycles. The monoisotopic (exact) mass is 415 g/mol. The molecule has 1 aliphatic rings. The largest absolute Gasteiger partial charge is 0.459 e. The van der Waals surface area contributed by atoms with Crippen molar-refractivity contribution in [3.8, 4) is 16.9 Å². The first kappa shape index (κ1) is 18.5. The summed E-state index contributed by atoms with van der Waals surface area (Å²) in [5, 5.41) is 2.43. The van der Waals surface area contributed by atoms with E-state index < -0.39 is 0 Å². The highest BCUT2D eigenvalue weighted by Gasteiger charge is 2.27. The third-order valence-corrected chi connectivity index (χ3v) is 6.03. The van der Waals surface area contributed by atoms with E-state index in [2.05, 4.69) is 60.1 Å². The van der Waals surface area contributed by atoms with Gasteiger partial charge >= 0.3 is 0 Å². The molecule has 6 rings (SSSR count). The molecule has 4 aromatic carbocycles. The number of aromatic nitrogens is 1. The van der Waals surface area contributed by atoms with Gasteiger partial charge < -0.3 is 15.5 Å². The summed E-state index contributed by atoms with van der Waals surface area (Å²) in [7, 11) is 0. The molecule has 0 radical (unpaired) electrons. The molecule has 0 spiro atoms. The Kier molecular flexibility index (Phi) is 4.12. The normalized spacial score (nSPS) is 15.8. The van der Waals surface area contributed by atoms with Crippen molar-refractivity contribution in [2.24, 2.45) is 10.7 Å². The summed E-state index contributed by atoms with van der Waals surface area (Å²) in [5.74, 6) is 1.85. The van der Waals surface area contributed by atoms with E-state index in [9.17, 15) is 0 Å². The molecule has 4 heteroatoms. The van der Waals surface area contributed by atoms with E-state index in [0.717, 1.165) is 39.0 Å². The van der Waals surface area contributed by atoms with E-state index in [-0.39, 0.29) is 6.04 Å². The molecular weight excluding hydrogens is 394 g/mol. The van der Waals surface area contributed by atoms with Gasteiger partial charge in [-0.05, 0) is 41.5 Å². The Hall–Kier alpha value is -4.31. The highest BCUT2D eigenvalue weighted by molar-refractivity contribution is 6.08. The summed E-state index contributed by atoms with van der Waals surface area (Å²) in [6, 6.07) is 30.6. The van der Waals surface area contributed by atoms with Gasteiger partial charge in [-0.15, -0.1) is 0 Å². The Balaban J connectivity index is 1.39. The van der Waals surface area contributed by atoms with E-state index in [0.29, 0.717) is 11.6 Å². The van der Waals surface area contributed by atoms with Gasteiger partial charge in [0, 0.05) is 32.9 Å². The molecule has 154 valence electrons. The third kappa shape index (κ3) is 2.96. The lowest BCUT2D eigenvalue weighted by Crippen LogP contribution is -2.15. The minimum Gasteiger partial charge on any atom is -0.459 e. The molecule has 0 fully saturated rings. The number of hydrogen-bond acceptors (Lipinski definition) is 2. The lowest BCUT2D eigenvalue weighted by Gasteiger charge is -2.09. The van der Waals surface area contributed by atoms with Crippen molar-refractivity contribution in [3.05, 3.63) is 114 Å². The second-order valence-electron chi connectivity index (χ2n) is 8.03. The summed E-state index contributed by atoms with van der Waals surface area (Å²) >= 11 is 0. The first-order valence-electron chi connectivity index (χ1n) is 10.6. The van der Waals surface area contributed by atoms with Crippen molar-refractivity contribution in [3.63, 3.8) is 0 Å². The predicted octanol–water partition coefficient (Wildman–Crippen LogP) is 6.34. The Labute approximate surface area is 185 Å². The number of nitrogens with one attached hydrogen (secondary N) is 1. The zero-order chi connectivity index (χ0) is 21.7. The number of hydrogen-bond donors (Lipinski definition) is 2. The summed E-state index contributed by atoms with van der Waals surface area (Å²) in [6.07, 6.45) is 0. The molecule has 4 nitrogen and oxygen atoms in total. The van der Waals surface area contributed by atoms with Crippen LogP contribution in [0.15, 0.2) is 108 Å². The smallest absolute Gasteiger partial charge is 0.138 e. The van der Waals surface area contributed by atoms with Crippen molar-refractivity contribution in [1.82, 2.24) is 4.98 Å². The van der Waals surface area contributed by atoms with Crippen molar-refractivity contribution >= 4 is 27.6 Å². The molecule has 1 atom stereocenters. The summed E-state index contributed by atoms with van der Waals surface area (Å²) in [5.41, 5.74) is 12.8. The van der Waals surface area contributed by atoms with Gasteiger partial charge in [0.05, 0.1) is 0 Å². The lowest BCUT2D eigenvalue weighted by molar-refractivity contribution is 0.432. The predicted molar refractivity (Wildman–Crippen MR) is 131 cm³/mol. The number of amidine groups is 1. The van der Waals surface area contributed by atoms with Crippen LogP contribution >= 0.6 is 0 Å². The number of rotatable bonds is 3. The molecule has 32 heavy (non-hydrogen) atoms. The van der Waals surface area contributed by atoms with Crippen LogP contribution in [0.3, 0.4) is 0 Å². The number of benzene rings is 4. The number of fused-ring (bicyclic) bond motifs is 4. The Morgan fingerprint density at radius 1 is 0.812 bits per heavy atom. The molecule has 0 bridgehead atoms. The second-order valence-corrected chi connectivity index (χ2v) is 8.03. The lowest BCUT2D eigenvalue weighted by atomic mass is 10.0. The maximum Gasteiger partial charge on any atom is 0.138 e. The number of nitrogens with two attached hydrogens (primary N) is 1. The van der Waals surface area contributed by atoms with Crippen LogP contribution in [0.25, 0.3) is 32.9 Å². The first-order valence-corrected chi connectivity index (χ1v) is 10.6. The first-order chi connectivity index (χ1) is 15.7. The second kappa shape index (κ2) is 7.13. The van der Waals surface area contributed by atoms with Crippen LogP contribution in [0.2, 0.25) is 0 Å². The molecule has 0 aliphatic carbocycles. The molecule has 0 saturated heterocycles. The van der Waals surface area contributed by atoms with Crippen LogP contribution in [0.5, 0.6) is 5.75 Å². The van der Waals surface area contributed by atoms with Crippen molar-refractivity contribution in [2.45, 2.75) is 6.04 Å². The Morgan fingerprint density at radius 2 is 1.59 bits per heavy atom. The minimum absolute atomic E-state index is 0.294. The van der Waals surface area contributed by atoms with Gasteiger partial charge in [0.15, 0.2) is 0 Å². The van der Waals surface area contributed by atoms with Crippen LogP contribution in [0.1, 0.15) is 17.2 Å². The number of nitrogens with zero attached hydrogens (tertiary/aromatic N) is 1. The maximum absolute atomic E-state index is 6.44. The molecular formula is C28H21N3O. The zero-order valence-electron chi connectivity index (χ0n) is 17.4. The summed E-state index contributed by atoms with van der Waals surface area (Å²) < 4.78 is 5.76. The molecule has 1 unspecified atom stereocenters. The SMILES string of the molecule is C=C1Oc2ccccc2C1N=C(N)c1cccc(-c2ccc3[nH]c4ccccc4c3c2)c1. The minimum atomic E-state index is -0.294. The van der Waals surface area contributed by atoms with Gasteiger partial charge in [0.2, 0.25) is 0 Å². The highest BCUT2D eigenvalue weighted by Crippen LogP contribution is 2.40. The molecule has 2 heterocycles.